The fraction of sp³-hybridized carbons (Fsp3) is 0.257. The van der Waals surface area contributed by atoms with E-state index < -0.39 is 40.3 Å². The molecule has 4 aromatic carbocycles. The Balaban J connectivity index is 1.37. The molecule has 47 heavy (non-hydrogen) atoms. The zero-order chi connectivity index (χ0) is 33.2. The third kappa shape index (κ3) is 8.53. The largest absolute Gasteiger partial charge is 0.496 e. The molecule has 5 rings (SSSR count). The molecule has 0 aliphatic carbocycles. The number of nitrogens with zero attached hydrogens (tertiary/aromatic N) is 2. The summed E-state index contributed by atoms with van der Waals surface area (Å²) in [6, 6.07) is 26.6. The lowest BCUT2D eigenvalue weighted by molar-refractivity contribution is -0.143. The number of nitrogens with one attached hydrogen (secondary N) is 1. The molecular weight excluding hydrogens is 625 g/mol. The molecule has 1 N–H and O–H groups in total. The van der Waals surface area contributed by atoms with Crippen molar-refractivity contribution in [3.8, 4) is 11.5 Å². The number of morpholine rings is 1. The van der Waals surface area contributed by atoms with E-state index in [4.69, 9.17) is 14.2 Å². The lowest BCUT2D eigenvalue weighted by atomic mass is 10.0. The van der Waals surface area contributed by atoms with E-state index in [1.165, 1.54) is 45.6 Å². The maximum atomic E-state index is 13.9. The van der Waals surface area contributed by atoms with E-state index in [-0.39, 0.29) is 36.8 Å². The van der Waals surface area contributed by atoms with E-state index >= 15 is 0 Å². The van der Waals surface area contributed by atoms with Crippen molar-refractivity contribution < 1.29 is 36.6 Å². The van der Waals surface area contributed by atoms with Gasteiger partial charge in [0.1, 0.15) is 23.4 Å². The fourth-order valence-corrected chi connectivity index (χ4v) is 6.63. The van der Waals surface area contributed by atoms with Gasteiger partial charge in [0.05, 0.1) is 25.2 Å². The van der Waals surface area contributed by atoms with Gasteiger partial charge < -0.3 is 24.4 Å². The minimum atomic E-state index is -3.70. The van der Waals surface area contributed by atoms with Gasteiger partial charge in [0.2, 0.25) is 15.9 Å². The van der Waals surface area contributed by atoms with Crippen LogP contribution in [0.25, 0.3) is 0 Å². The average Bonchev–Trinajstić information content (AvgIpc) is 3.11. The van der Waals surface area contributed by atoms with E-state index in [9.17, 15) is 22.4 Å². The molecule has 246 valence electrons. The van der Waals surface area contributed by atoms with Crippen molar-refractivity contribution in [1.29, 1.82) is 0 Å². The predicted molar refractivity (Wildman–Crippen MR) is 172 cm³/mol. The first kappa shape index (κ1) is 33.6. The Hall–Kier alpha value is -4.78. The molecule has 0 unspecified atom stereocenters. The molecule has 0 aromatic heterocycles. The van der Waals surface area contributed by atoms with Crippen LogP contribution < -0.4 is 14.8 Å². The van der Waals surface area contributed by atoms with Gasteiger partial charge in [-0.05, 0) is 53.6 Å². The lowest BCUT2D eigenvalue weighted by Crippen LogP contribution is -2.45. The highest BCUT2D eigenvalue weighted by molar-refractivity contribution is 7.89. The van der Waals surface area contributed by atoms with Crippen LogP contribution in [0.2, 0.25) is 0 Å². The van der Waals surface area contributed by atoms with Crippen LogP contribution in [0.5, 0.6) is 11.5 Å². The van der Waals surface area contributed by atoms with Gasteiger partial charge in [-0.3, -0.25) is 9.59 Å². The first-order chi connectivity index (χ1) is 22.8. The summed E-state index contributed by atoms with van der Waals surface area (Å²) in [5.74, 6) is -0.488. The van der Waals surface area contributed by atoms with Gasteiger partial charge in [-0.25, -0.2) is 12.8 Å². The summed E-state index contributed by atoms with van der Waals surface area (Å²) in [6.45, 7) is 0.905. The highest BCUT2D eigenvalue weighted by Crippen LogP contribution is 2.26. The van der Waals surface area contributed by atoms with Crippen molar-refractivity contribution in [2.24, 2.45) is 0 Å². The van der Waals surface area contributed by atoms with Crippen LogP contribution in [0.15, 0.2) is 108 Å². The van der Waals surface area contributed by atoms with Crippen LogP contribution >= 0.6 is 0 Å². The van der Waals surface area contributed by atoms with Crippen LogP contribution in [-0.4, -0.2) is 69.5 Å². The molecule has 0 saturated carbocycles. The van der Waals surface area contributed by atoms with Crippen LogP contribution in [0.4, 0.5) is 4.39 Å². The summed E-state index contributed by atoms with van der Waals surface area (Å²) >= 11 is 0. The van der Waals surface area contributed by atoms with Crippen LogP contribution in [0.1, 0.15) is 22.7 Å². The third-order valence-electron chi connectivity index (χ3n) is 7.70. The van der Waals surface area contributed by atoms with E-state index in [2.05, 4.69) is 5.32 Å². The van der Waals surface area contributed by atoms with Crippen LogP contribution in [-0.2, 0) is 37.4 Å². The second-order valence-electron chi connectivity index (χ2n) is 10.8. The molecule has 0 bridgehead atoms. The first-order valence-corrected chi connectivity index (χ1v) is 16.5. The number of ether oxygens (including phenoxy) is 3. The molecule has 4 aromatic rings. The van der Waals surface area contributed by atoms with Gasteiger partial charge in [0, 0.05) is 31.7 Å². The van der Waals surface area contributed by atoms with Crippen molar-refractivity contribution in [3.05, 3.63) is 126 Å². The van der Waals surface area contributed by atoms with Gasteiger partial charge in [0.25, 0.3) is 5.91 Å². The Morgan fingerprint density at radius 2 is 1.57 bits per heavy atom. The Labute approximate surface area is 273 Å². The molecule has 1 fully saturated rings. The van der Waals surface area contributed by atoms with E-state index in [0.29, 0.717) is 30.1 Å². The number of benzene rings is 4. The third-order valence-corrected chi connectivity index (χ3v) is 9.61. The molecular formula is C35H36FN3O7S. The minimum absolute atomic E-state index is 0.0131. The zero-order valence-corrected chi connectivity index (χ0v) is 26.7. The van der Waals surface area contributed by atoms with Crippen LogP contribution in [0, 0.1) is 5.82 Å². The van der Waals surface area contributed by atoms with Gasteiger partial charge in [-0.2, -0.15) is 4.31 Å². The van der Waals surface area contributed by atoms with E-state index in [0.717, 1.165) is 5.56 Å². The Morgan fingerprint density at radius 1 is 0.915 bits per heavy atom. The number of hydrogen-bond donors (Lipinski definition) is 1. The molecule has 1 aliphatic rings. The quantitative estimate of drug-likeness (QED) is 0.227. The average molecular weight is 662 g/mol. The van der Waals surface area contributed by atoms with Gasteiger partial charge in [0.15, 0.2) is 6.61 Å². The number of carbonyl (C=O) groups excluding carboxylic acids is 2. The lowest BCUT2D eigenvalue weighted by Gasteiger charge is -2.31. The van der Waals surface area contributed by atoms with Crippen molar-refractivity contribution in [2.45, 2.75) is 24.0 Å². The summed E-state index contributed by atoms with van der Waals surface area (Å²) in [7, 11) is -2.15. The molecule has 2 amide bonds. The topological polar surface area (TPSA) is 114 Å². The molecule has 1 heterocycles. The second-order valence-corrected chi connectivity index (χ2v) is 12.7. The zero-order valence-electron chi connectivity index (χ0n) is 25.9. The van der Waals surface area contributed by atoms with E-state index in [1.54, 1.807) is 49.6 Å². The first-order valence-electron chi connectivity index (χ1n) is 15.1. The highest BCUT2D eigenvalue weighted by atomic mass is 32.2. The standard InChI is InChI=1S/C35H36FN3O7S/c1-44-32-10-6-5-9-28(32)23-37-35(41)34(27-7-3-2-4-8-27)39(24-26-11-13-29(36)14-12-26)33(40)25-46-30-15-17-31(18-16-30)47(42,43)38-19-21-45-22-20-38/h2-18,34H,19-25H2,1H3,(H,37,41)/t34-/m1/s1. The van der Waals surface area contributed by atoms with E-state index in [1.807, 2.05) is 24.3 Å². The number of amides is 2. The Bertz CT molecular complexity index is 1750. The number of hydrogen-bond acceptors (Lipinski definition) is 7. The van der Waals surface area contributed by atoms with Crippen molar-refractivity contribution in [3.63, 3.8) is 0 Å². The summed E-state index contributed by atoms with van der Waals surface area (Å²) in [5.41, 5.74) is 1.93. The Kier molecular flexibility index (Phi) is 11.2. The molecule has 1 atom stereocenters. The SMILES string of the molecule is COc1ccccc1CNC(=O)[C@@H](c1ccccc1)N(Cc1ccc(F)cc1)C(=O)COc1ccc(S(=O)(=O)N2CCOCC2)cc1. The smallest absolute Gasteiger partial charge is 0.261 e. The van der Waals surface area contributed by atoms with Crippen molar-refractivity contribution in [2.75, 3.05) is 40.0 Å². The molecule has 1 saturated heterocycles. The summed E-state index contributed by atoms with van der Waals surface area (Å²) in [4.78, 5) is 29.3. The Morgan fingerprint density at radius 3 is 2.26 bits per heavy atom. The predicted octanol–water partition coefficient (Wildman–Crippen LogP) is 4.32. The van der Waals surface area contributed by atoms with Gasteiger partial charge >= 0.3 is 0 Å². The number of carbonyl (C=O) groups is 2. The number of rotatable bonds is 13. The highest BCUT2D eigenvalue weighted by Gasteiger charge is 2.32. The van der Waals surface area contributed by atoms with Crippen molar-refractivity contribution >= 4 is 21.8 Å². The monoisotopic (exact) mass is 661 g/mol. The molecule has 0 spiro atoms. The van der Waals surface area contributed by atoms with Crippen molar-refractivity contribution in [1.82, 2.24) is 14.5 Å². The molecule has 1 aliphatic heterocycles. The minimum Gasteiger partial charge on any atom is -0.496 e. The number of halogens is 1. The fourth-order valence-electron chi connectivity index (χ4n) is 5.22. The normalized spacial score (nSPS) is 14.2. The number of sulfonamides is 1. The second kappa shape index (κ2) is 15.7. The molecule has 0 radical (unpaired) electrons. The van der Waals surface area contributed by atoms with Crippen LogP contribution in [0.3, 0.4) is 0 Å². The maximum Gasteiger partial charge on any atom is 0.261 e. The number of methoxy groups -OCH3 is 1. The molecule has 12 heteroatoms. The van der Waals surface area contributed by atoms with Gasteiger partial charge in [-0.1, -0.05) is 60.7 Å². The maximum absolute atomic E-state index is 13.9. The number of para-hydroxylation sites is 1. The molecule has 10 nitrogen and oxygen atoms in total. The summed E-state index contributed by atoms with van der Waals surface area (Å²) < 4.78 is 57.6. The summed E-state index contributed by atoms with van der Waals surface area (Å²) in [5, 5.41) is 2.94. The van der Waals surface area contributed by atoms with Gasteiger partial charge in [-0.15, -0.1) is 0 Å². The summed E-state index contributed by atoms with van der Waals surface area (Å²) in [6.07, 6.45) is 0.